The molecule has 27 heavy (non-hydrogen) atoms. The van der Waals surface area contributed by atoms with Crippen molar-refractivity contribution < 1.29 is 19.5 Å². The Bertz CT molecular complexity index is 856. The van der Waals surface area contributed by atoms with E-state index < -0.39 is 5.97 Å². The molecule has 6 nitrogen and oxygen atoms in total. The number of carbonyl (C=O) groups excluding carboxylic acids is 2. The number of amides is 2. The molecule has 1 aliphatic heterocycles. The third-order valence-corrected chi connectivity index (χ3v) is 4.91. The number of carboxylic acid groups (broad SMARTS) is 1. The first-order valence-electron chi connectivity index (χ1n) is 8.95. The third-order valence-electron chi connectivity index (χ3n) is 4.91. The van der Waals surface area contributed by atoms with Crippen molar-refractivity contribution in [2.75, 3.05) is 18.4 Å². The van der Waals surface area contributed by atoms with Gasteiger partial charge >= 0.3 is 5.97 Å². The quantitative estimate of drug-likeness (QED) is 0.870. The summed E-state index contributed by atoms with van der Waals surface area (Å²) in [6.45, 7) is 2.77. The van der Waals surface area contributed by atoms with Gasteiger partial charge in [0.1, 0.15) is 0 Å². The highest BCUT2D eigenvalue weighted by Crippen LogP contribution is 2.22. The Balaban J connectivity index is 1.58. The summed E-state index contributed by atoms with van der Waals surface area (Å²) in [6, 6.07) is 14.0. The van der Waals surface area contributed by atoms with Crippen LogP contribution in [0.2, 0.25) is 0 Å². The number of piperidine rings is 1. The van der Waals surface area contributed by atoms with Crippen LogP contribution in [-0.2, 0) is 4.79 Å². The summed E-state index contributed by atoms with van der Waals surface area (Å²) in [5.74, 6) is -1.36. The molecule has 0 bridgehead atoms. The number of aromatic carboxylic acids is 1. The van der Waals surface area contributed by atoms with Gasteiger partial charge in [0, 0.05) is 30.3 Å². The van der Waals surface area contributed by atoms with Crippen molar-refractivity contribution in [1.29, 1.82) is 0 Å². The molecule has 1 aliphatic rings. The molecule has 1 saturated heterocycles. The lowest BCUT2D eigenvalue weighted by molar-refractivity contribution is -0.121. The number of hydrogen-bond donors (Lipinski definition) is 2. The fraction of sp³-hybridized carbons (Fsp3) is 0.286. The molecule has 1 fully saturated rings. The molecule has 1 heterocycles. The summed E-state index contributed by atoms with van der Waals surface area (Å²) in [5.41, 5.74) is 1.95. The van der Waals surface area contributed by atoms with E-state index in [0.717, 1.165) is 0 Å². The maximum absolute atomic E-state index is 12.5. The van der Waals surface area contributed by atoms with Crippen molar-refractivity contribution >= 4 is 23.5 Å². The molecule has 2 aromatic rings. The van der Waals surface area contributed by atoms with E-state index in [-0.39, 0.29) is 23.3 Å². The van der Waals surface area contributed by atoms with Gasteiger partial charge in [-0.15, -0.1) is 0 Å². The van der Waals surface area contributed by atoms with Crippen LogP contribution in [0.5, 0.6) is 0 Å². The van der Waals surface area contributed by atoms with Crippen molar-refractivity contribution in [3.8, 4) is 0 Å². The molecule has 0 aromatic heterocycles. The standard InChI is InChI=1S/C21H22N2O4/c1-14-7-8-17(13-18(14)21(26)27)22-19(24)15-9-11-23(12-10-15)20(25)16-5-3-2-4-6-16/h2-8,13,15H,9-12H2,1H3,(H,22,24)(H,26,27). The highest BCUT2D eigenvalue weighted by molar-refractivity contribution is 5.96. The van der Waals surface area contributed by atoms with Crippen molar-refractivity contribution in [1.82, 2.24) is 4.90 Å². The smallest absolute Gasteiger partial charge is 0.336 e. The molecule has 3 rings (SSSR count). The average Bonchev–Trinajstić information content (AvgIpc) is 2.69. The summed E-state index contributed by atoms with van der Waals surface area (Å²) in [4.78, 5) is 38.0. The zero-order valence-corrected chi connectivity index (χ0v) is 15.1. The lowest BCUT2D eigenvalue weighted by Crippen LogP contribution is -2.41. The molecule has 6 heteroatoms. The summed E-state index contributed by atoms with van der Waals surface area (Å²) >= 11 is 0. The Morgan fingerprint density at radius 1 is 1.04 bits per heavy atom. The Morgan fingerprint density at radius 3 is 2.33 bits per heavy atom. The highest BCUT2D eigenvalue weighted by Gasteiger charge is 2.28. The van der Waals surface area contributed by atoms with Gasteiger partial charge in [-0.3, -0.25) is 9.59 Å². The maximum Gasteiger partial charge on any atom is 0.336 e. The second-order valence-corrected chi connectivity index (χ2v) is 6.76. The molecule has 0 saturated carbocycles. The fourth-order valence-electron chi connectivity index (χ4n) is 3.28. The first-order chi connectivity index (χ1) is 13.0. The minimum absolute atomic E-state index is 0.0147. The molecule has 0 spiro atoms. The summed E-state index contributed by atoms with van der Waals surface area (Å²) in [7, 11) is 0. The largest absolute Gasteiger partial charge is 0.478 e. The van der Waals surface area contributed by atoms with Crippen LogP contribution in [0.4, 0.5) is 5.69 Å². The molecular formula is C21H22N2O4. The van der Waals surface area contributed by atoms with Crippen LogP contribution in [0.15, 0.2) is 48.5 Å². The Labute approximate surface area is 157 Å². The lowest BCUT2D eigenvalue weighted by Gasteiger charge is -2.31. The number of aryl methyl sites for hydroxylation is 1. The molecule has 2 amide bonds. The Kier molecular flexibility index (Phi) is 5.54. The van der Waals surface area contributed by atoms with Gasteiger partial charge in [-0.25, -0.2) is 4.79 Å². The van der Waals surface area contributed by atoms with Gasteiger partial charge in [0.15, 0.2) is 0 Å². The normalized spacial score (nSPS) is 14.6. The van der Waals surface area contributed by atoms with E-state index in [4.69, 9.17) is 0 Å². The molecule has 0 unspecified atom stereocenters. The zero-order chi connectivity index (χ0) is 19.4. The molecule has 2 N–H and O–H groups in total. The number of rotatable bonds is 4. The first-order valence-corrected chi connectivity index (χ1v) is 8.95. The number of carboxylic acids is 1. The summed E-state index contributed by atoms with van der Waals surface area (Å²) < 4.78 is 0. The first kappa shape index (κ1) is 18.6. The van der Waals surface area contributed by atoms with E-state index in [9.17, 15) is 19.5 Å². The molecule has 0 atom stereocenters. The van der Waals surface area contributed by atoms with E-state index in [1.807, 2.05) is 18.2 Å². The van der Waals surface area contributed by atoms with E-state index in [2.05, 4.69) is 5.32 Å². The third kappa shape index (κ3) is 4.34. The number of nitrogens with one attached hydrogen (secondary N) is 1. The topological polar surface area (TPSA) is 86.7 Å². The van der Waals surface area contributed by atoms with Gasteiger partial charge in [0.25, 0.3) is 5.91 Å². The summed E-state index contributed by atoms with van der Waals surface area (Å²) in [5, 5.41) is 12.0. The van der Waals surface area contributed by atoms with Crippen LogP contribution < -0.4 is 5.32 Å². The number of anilines is 1. The van der Waals surface area contributed by atoms with Crippen LogP contribution >= 0.6 is 0 Å². The van der Waals surface area contributed by atoms with Crippen LogP contribution in [0.1, 0.15) is 39.1 Å². The van der Waals surface area contributed by atoms with Gasteiger partial charge in [-0.1, -0.05) is 24.3 Å². The number of likely N-dealkylation sites (tertiary alicyclic amines) is 1. The number of benzene rings is 2. The van der Waals surface area contributed by atoms with Gasteiger partial charge in [0.2, 0.25) is 5.91 Å². The minimum atomic E-state index is -1.02. The molecule has 0 aliphatic carbocycles. The van der Waals surface area contributed by atoms with E-state index >= 15 is 0 Å². The van der Waals surface area contributed by atoms with E-state index in [1.54, 1.807) is 36.1 Å². The number of nitrogens with zero attached hydrogens (tertiary/aromatic N) is 1. The highest BCUT2D eigenvalue weighted by atomic mass is 16.4. The molecule has 0 radical (unpaired) electrons. The zero-order valence-electron chi connectivity index (χ0n) is 15.1. The maximum atomic E-state index is 12.5. The number of hydrogen-bond acceptors (Lipinski definition) is 3. The van der Waals surface area contributed by atoms with Crippen molar-refractivity contribution in [3.63, 3.8) is 0 Å². The van der Waals surface area contributed by atoms with Crippen LogP contribution in [-0.4, -0.2) is 40.9 Å². The Hall–Kier alpha value is -3.15. The van der Waals surface area contributed by atoms with Crippen LogP contribution in [0, 0.1) is 12.8 Å². The van der Waals surface area contributed by atoms with Crippen molar-refractivity contribution in [2.24, 2.45) is 5.92 Å². The van der Waals surface area contributed by atoms with Crippen LogP contribution in [0.25, 0.3) is 0 Å². The van der Waals surface area contributed by atoms with Gasteiger partial charge in [-0.05, 0) is 49.6 Å². The molecule has 2 aromatic carbocycles. The molecule has 140 valence electrons. The SMILES string of the molecule is Cc1ccc(NC(=O)C2CCN(C(=O)c3ccccc3)CC2)cc1C(=O)O. The second-order valence-electron chi connectivity index (χ2n) is 6.76. The predicted molar refractivity (Wildman–Crippen MR) is 102 cm³/mol. The fourth-order valence-corrected chi connectivity index (χ4v) is 3.28. The minimum Gasteiger partial charge on any atom is -0.478 e. The van der Waals surface area contributed by atoms with Crippen molar-refractivity contribution in [3.05, 3.63) is 65.2 Å². The van der Waals surface area contributed by atoms with Gasteiger partial charge < -0.3 is 15.3 Å². The summed E-state index contributed by atoms with van der Waals surface area (Å²) in [6.07, 6.45) is 1.17. The monoisotopic (exact) mass is 366 g/mol. The van der Waals surface area contributed by atoms with E-state index in [0.29, 0.717) is 42.7 Å². The van der Waals surface area contributed by atoms with Gasteiger partial charge in [-0.2, -0.15) is 0 Å². The number of carbonyl (C=O) groups is 3. The van der Waals surface area contributed by atoms with Crippen LogP contribution in [0.3, 0.4) is 0 Å². The Morgan fingerprint density at radius 2 is 1.70 bits per heavy atom. The lowest BCUT2D eigenvalue weighted by atomic mass is 9.95. The average molecular weight is 366 g/mol. The van der Waals surface area contributed by atoms with Crippen molar-refractivity contribution in [2.45, 2.75) is 19.8 Å². The van der Waals surface area contributed by atoms with Gasteiger partial charge in [0.05, 0.1) is 5.56 Å². The molecular weight excluding hydrogens is 344 g/mol. The van der Waals surface area contributed by atoms with E-state index in [1.165, 1.54) is 6.07 Å². The second kappa shape index (κ2) is 8.03. The predicted octanol–water partition coefficient (Wildman–Crippen LogP) is 3.18.